The molecule has 2 N–H and O–H groups in total. The molecule has 0 fully saturated rings. The summed E-state index contributed by atoms with van der Waals surface area (Å²) in [6.07, 6.45) is 1.96. The number of benzene rings is 3. The van der Waals surface area contributed by atoms with E-state index in [1.165, 1.54) is 5.56 Å². The van der Waals surface area contributed by atoms with Crippen molar-refractivity contribution in [2.75, 3.05) is 18.5 Å². The fourth-order valence-corrected chi connectivity index (χ4v) is 5.48. The van der Waals surface area contributed by atoms with Gasteiger partial charge in [-0.3, -0.25) is 4.79 Å². The lowest BCUT2D eigenvalue weighted by atomic mass is 9.76. The van der Waals surface area contributed by atoms with Crippen LogP contribution >= 0.6 is 12.0 Å². The number of tetrazole rings is 1. The Kier molecular flexibility index (Phi) is 10.7. The summed E-state index contributed by atoms with van der Waals surface area (Å²) in [5, 5.41) is 22.0. The highest BCUT2D eigenvalue weighted by Gasteiger charge is 2.27. The molecule has 0 unspecified atom stereocenters. The third kappa shape index (κ3) is 7.82. The SMILES string of the molecule is CCOc1nn(-c2ccc(NC(=O)COc3ccc(C(C)(C)CC)cc3C(C)(C)CC)cc2)c(OSc2nn[nH]n2)c1-c1ccccc1. The Hall–Kier alpha value is -4.84. The largest absolute Gasteiger partial charge is 0.483 e. The maximum atomic E-state index is 13.1. The highest BCUT2D eigenvalue weighted by Crippen LogP contribution is 2.42. The van der Waals surface area contributed by atoms with Crippen LogP contribution in [0.25, 0.3) is 16.8 Å². The molecule has 0 atom stereocenters. The minimum Gasteiger partial charge on any atom is -0.483 e. The summed E-state index contributed by atoms with van der Waals surface area (Å²) < 4.78 is 19.9. The quantitative estimate of drug-likeness (QED) is 0.107. The number of hydrogen-bond donors (Lipinski definition) is 2. The van der Waals surface area contributed by atoms with Crippen LogP contribution in [-0.2, 0) is 15.6 Å². The number of rotatable bonds is 15. The molecule has 252 valence electrons. The van der Waals surface area contributed by atoms with Gasteiger partial charge in [0.15, 0.2) is 6.61 Å². The van der Waals surface area contributed by atoms with E-state index in [0.717, 1.165) is 41.8 Å². The molecule has 0 spiro atoms. The number of nitrogens with zero attached hydrogens (tertiary/aromatic N) is 5. The number of nitrogens with one attached hydrogen (secondary N) is 2. The monoisotopic (exact) mass is 669 g/mol. The van der Waals surface area contributed by atoms with Gasteiger partial charge in [0.25, 0.3) is 11.1 Å². The number of aromatic nitrogens is 6. The number of ether oxygens (including phenoxy) is 2. The van der Waals surface area contributed by atoms with Gasteiger partial charge >= 0.3 is 0 Å². The first kappa shape index (κ1) is 34.5. The third-order valence-electron chi connectivity index (χ3n) is 8.69. The summed E-state index contributed by atoms with van der Waals surface area (Å²) in [4.78, 5) is 13.1. The molecule has 12 heteroatoms. The lowest BCUT2D eigenvalue weighted by Gasteiger charge is -2.30. The van der Waals surface area contributed by atoms with Crippen LogP contribution in [0.3, 0.4) is 0 Å². The second-order valence-corrected chi connectivity index (χ2v) is 13.3. The minimum atomic E-state index is -0.259. The lowest BCUT2D eigenvalue weighted by molar-refractivity contribution is -0.118. The van der Waals surface area contributed by atoms with Gasteiger partial charge < -0.3 is 19.0 Å². The molecule has 0 radical (unpaired) electrons. The fourth-order valence-electron chi connectivity index (χ4n) is 5.02. The predicted octanol–water partition coefficient (Wildman–Crippen LogP) is 7.93. The molecule has 0 saturated heterocycles. The van der Waals surface area contributed by atoms with Crippen molar-refractivity contribution < 1.29 is 18.5 Å². The van der Waals surface area contributed by atoms with E-state index in [-0.39, 0.29) is 23.3 Å². The Morgan fingerprint density at radius 2 is 1.65 bits per heavy atom. The molecule has 0 aliphatic carbocycles. The molecular formula is C36H43N7O4S. The smallest absolute Gasteiger partial charge is 0.269 e. The standard InChI is InChI=1S/C36H43N7O4S/c1-8-35(4,5)25-16-21-29(28(22-25)36(6,7)9-2)46-23-30(44)37-26-17-19-27(20-18-26)43-33(47-48-34-38-41-42-39-34)31(32(40-43)45-10-3)24-14-12-11-13-15-24/h11-22H,8-10,23H2,1-7H3,(H,37,44)(H,38,39,41,42). The van der Waals surface area contributed by atoms with Crippen LogP contribution in [0.5, 0.6) is 17.5 Å². The van der Waals surface area contributed by atoms with E-state index in [0.29, 0.717) is 40.5 Å². The van der Waals surface area contributed by atoms with Crippen molar-refractivity contribution >= 4 is 23.6 Å². The number of carbonyl (C=O) groups is 1. The number of carbonyl (C=O) groups excluding carboxylic acids is 1. The minimum absolute atomic E-state index is 0.0461. The maximum Gasteiger partial charge on any atom is 0.269 e. The topological polar surface area (TPSA) is 129 Å². The molecule has 2 heterocycles. The summed E-state index contributed by atoms with van der Waals surface area (Å²) in [5.74, 6) is 1.31. The molecule has 3 aromatic carbocycles. The first-order valence-electron chi connectivity index (χ1n) is 16.1. The third-order valence-corrected chi connectivity index (χ3v) is 9.25. The molecule has 0 saturated carbocycles. The van der Waals surface area contributed by atoms with Crippen LogP contribution in [0.1, 0.15) is 72.4 Å². The molecule has 11 nitrogen and oxygen atoms in total. The van der Waals surface area contributed by atoms with Crippen molar-refractivity contribution in [3.8, 4) is 34.3 Å². The Labute approximate surface area is 286 Å². The highest BCUT2D eigenvalue weighted by molar-refractivity contribution is 7.94. The van der Waals surface area contributed by atoms with Crippen molar-refractivity contribution in [3.63, 3.8) is 0 Å². The Morgan fingerprint density at radius 1 is 0.917 bits per heavy atom. The molecule has 0 aliphatic heterocycles. The molecule has 5 aromatic rings. The fraction of sp³-hybridized carbons (Fsp3) is 0.361. The highest BCUT2D eigenvalue weighted by atomic mass is 32.2. The summed E-state index contributed by atoms with van der Waals surface area (Å²) in [6, 6.07) is 23.4. The zero-order valence-corrected chi connectivity index (χ0v) is 29.4. The van der Waals surface area contributed by atoms with E-state index < -0.39 is 0 Å². The van der Waals surface area contributed by atoms with E-state index in [1.54, 1.807) is 16.8 Å². The zero-order chi connectivity index (χ0) is 34.3. The van der Waals surface area contributed by atoms with Crippen molar-refractivity contribution in [1.29, 1.82) is 0 Å². The number of anilines is 1. The van der Waals surface area contributed by atoms with E-state index in [9.17, 15) is 4.79 Å². The number of amides is 1. The molecule has 0 aliphatic rings. The van der Waals surface area contributed by atoms with Gasteiger partial charge in [-0.2, -0.15) is 9.90 Å². The van der Waals surface area contributed by atoms with E-state index in [4.69, 9.17) is 18.8 Å². The zero-order valence-electron chi connectivity index (χ0n) is 28.5. The van der Waals surface area contributed by atoms with Crippen LogP contribution in [0.4, 0.5) is 5.69 Å². The molecule has 0 bridgehead atoms. The maximum absolute atomic E-state index is 13.1. The van der Waals surface area contributed by atoms with E-state index in [2.05, 4.69) is 79.6 Å². The predicted molar refractivity (Wildman–Crippen MR) is 188 cm³/mol. The van der Waals surface area contributed by atoms with Gasteiger partial charge in [-0.25, -0.2) is 0 Å². The van der Waals surface area contributed by atoms with Crippen LogP contribution in [0.2, 0.25) is 0 Å². The summed E-state index contributed by atoms with van der Waals surface area (Å²) in [7, 11) is 0. The average molecular weight is 670 g/mol. The molecule has 5 rings (SSSR count). The second-order valence-electron chi connectivity index (χ2n) is 12.6. The van der Waals surface area contributed by atoms with Crippen molar-refractivity contribution in [2.45, 2.75) is 77.3 Å². The van der Waals surface area contributed by atoms with Crippen LogP contribution < -0.4 is 19.0 Å². The first-order valence-corrected chi connectivity index (χ1v) is 16.9. The van der Waals surface area contributed by atoms with Crippen LogP contribution in [0.15, 0.2) is 78.0 Å². The van der Waals surface area contributed by atoms with Crippen LogP contribution in [0, 0.1) is 0 Å². The van der Waals surface area contributed by atoms with E-state index >= 15 is 0 Å². The van der Waals surface area contributed by atoms with Crippen molar-refractivity contribution in [1.82, 2.24) is 30.4 Å². The molecule has 1 amide bonds. The van der Waals surface area contributed by atoms with E-state index in [1.807, 2.05) is 55.5 Å². The van der Waals surface area contributed by atoms with Crippen LogP contribution in [-0.4, -0.2) is 49.5 Å². The van der Waals surface area contributed by atoms with Gasteiger partial charge in [-0.1, -0.05) is 89.1 Å². The first-order chi connectivity index (χ1) is 23.1. The van der Waals surface area contributed by atoms with Gasteiger partial charge in [0.1, 0.15) is 23.4 Å². The normalized spacial score (nSPS) is 11.7. The Balaban J connectivity index is 1.35. The van der Waals surface area contributed by atoms with Gasteiger partial charge in [-0.05, 0) is 77.3 Å². The average Bonchev–Trinajstić information content (AvgIpc) is 3.75. The van der Waals surface area contributed by atoms with Gasteiger partial charge in [0.05, 0.1) is 12.3 Å². The van der Waals surface area contributed by atoms with Gasteiger partial charge in [0, 0.05) is 11.3 Å². The number of hydrogen-bond acceptors (Lipinski definition) is 9. The number of aromatic amines is 1. The van der Waals surface area contributed by atoms with Crippen molar-refractivity contribution in [3.05, 3.63) is 83.9 Å². The Bertz CT molecular complexity index is 1800. The van der Waals surface area contributed by atoms with Crippen molar-refractivity contribution in [2.24, 2.45) is 0 Å². The summed E-state index contributed by atoms with van der Waals surface area (Å²) >= 11 is 0.948. The van der Waals surface area contributed by atoms with Gasteiger partial charge in [-0.15, -0.1) is 10.2 Å². The Morgan fingerprint density at radius 3 is 2.29 bits per heavy atom. The molecular weight excluding hydrogens is 627 g/mol. The number of H-pyrrole nitrogens is 1. The lowest BCUT2D eigenvalue weighted by Crippen LogP contribution is -2.24. The summed E-state index contributed by atoms with van der Waals surface area (Å²) in [5.41, 5.74) is 5.17. The summed E-state index contributed by atoms with van der Waals surface area (Å²) in [6.45, 7) is 15.5. The second kappa shape index (κ2) is 14.9. The van der Waals surface area contributed by atoms with Gasteiger partial charge in [0.2, 0.25) is 11.8 Å². The molecule has 48 heavy (non-hydrogen) atoms. The molecule has 2 aromatic heterocycles.